The molecule has 2 aliphatic rings. The molecular weight excluding hydrogens is 527 g/mol. The summed E-state index contributed by atoms with van der Waals surface area (Å²) in [5, 5.41) is 2.85. The Morgan fingerprint density at radius 3 is 2.85 bits per heavy atom. The summed E-state index contributed by atoms with van der Waals surface area (Å²) in [7, 11) is -3.82. The van der Waals surface area contributed by atoms with E-state index in [1.54, 1.807) is 36.0 Å². The van der Waals surface area contributed by atoms with Gasteiger partial charge in [-0.25, -0.2) is 20.0 Å². The number of anilines is 1. The summed E-state index contributed by atoms with van der Waals surface area (Å²) in [6.07, 6.45) is 6.94. The van der Waals surface area contributed by atoms with E-state index in [0.29, 0.717) is 29.2 Å². The Kier molecular flexibility index (Phi) is 8.20. The third-order valence-corrected chi connectivity index (χ3v) is 8.36. The van der Waals surface area contributed by atoms with Gasteiger partial charge < -0.3 is 33.8 Å². The fourth-order valence-electron chi connectivity index (χ4n) is 4.61. The number of hydrogen-bond acceptors (Lipinski definition) is 11. The minimum Gasteiger partial charge on any atom is -0.461 e. The van der Waals surface area contributed by atoms with Crippen molar-refractivity contribution in [2.75, 3.05) is 18.9 Å². The van der Waals surface area contributed by atoms with Gasteiger partial charge in [0, 0.05) is 0 Å². The lowest BCUT2D eigenvalue weighted by Gasteiger charge is -2.27. The van der Waals surface area contributed by atoms with E-state index >= 15 is 0 Å². The molecule has 14 heteroatoms. The predicted octanol–water partition coefficient (Wildman–Crippen LogP) is 3.63. The lowest BCUT2D eigenvalue weighted by molar-refractivity contribution is -0.152. The van der Waals surface area contributed by atoms with Gasteiger partial charge in [-0.1, -0.05) is 12.5 Å². The maximum atomic E-state index is 14.1. The fraction of sp³-hybridized carbons (Fsp3) is 0.520. The zero-order valence-corrected chi connectivity index (χ0v) is 22.8. The van der Waals surface area contributed by atoms with Crippen molar-refractivity contribution in [1.82, 2.24) is 24.6 Å². The van der Waals surface area contributed by atoms with Crippen molar-refractivity contribution in [3.63, 3.8) is 0 Å². The van der Waals surface area contributed by atoms with Crippen LogP contribution >= 0.6 is 7.52 Å². The van der Waals surface area contributed by atoms with E-state index in [0.717, 1.165) is 32.1 Å². The molecule has 1 fully saturated rings. The number of esters is 1. The second-order valence-electron chi connectivity index (χ2n) is 9.74. The summed E-state index contributed by atoms with van der Waals surface area (Å²) in [5.74, 6) is 0.833. The summed E-state index contributed by atoms with van der Waals surface area (Å²) in [6, 6.07) is 4.15. The van der Waals surface area contributed by atoms with Crippen LogP contribution in [0.5, 0.6) is 17.2 Å². The third-order valence-electron chi connectivity index (χ3n) is 6.60. The highest BCUT2D eigenvalue weighted by Gasteiger charge is 2.34. The summed E-state index contributed by atoms with van der Waals surface area (Å²) in [5.41, 5.74) is 6.93. The van der Waals surface area contributed by atoms with Gasteiger partial charge in [0.2, 0.25) is 12.5 Å². The molecular formula is C25H33N6O7P. The van der Waals surface area contributed by atoms with E-state index < -0.39 is 25.6 Å². The van der Waals surface area contributed by atoms with Gasteiger partial charge in [0.25, 0.3) is 0 Å². The van der Waals surface area contributed by atoms with Crippen molar-refractivity contribution in [1.29, 1.82) is 0 Å². The number of carbonyl (C=O) groups is 1. The quantitative estimate of drug-likeness (QED) is 0.259. The second-order valence-corrected chi connectivity index (χ2v) is 11.8. The Morgan fingerprint density at radius 2 is 2.03 bits per heavy atom. The summed E-state index contributed by atoms with van der Waals surface area (Å²) in [6.45, 7) is 3.79. The number of nitrogens with two attached hydrogens (primary N) is 1. The van der Waals surface area contributed by atoms with E-state index in [-0.39, 0.29) is 30.8 Å². The van der Waals surface area contributed by atoms with Gasteiger partial charge in [0.05, 0.1) is 19.0 Å². The number of aromatic nitrogens is 4. The average Bonchev–Trinajstić information content (AvgIpc) is 3.57. The van der Waals surface area contributed by atoms with Gasteiger partial charge >= 0.3 is 13.5 Å². The van der Waals surface area contributed by atoms with Crippen LogP contribution in [0, 0.1) is 0 Å². The summed E-state index contributed by atoms with van der Waals surface area (Å²) < 4.78 is 44.5. The van der Waals surface area contributed by atoms with Crippen LogP contribution in [-0.4, -0.2) is 56.9 Å². The normalized spacial score (nSPS) is 18.4. The van der Waals surface area contributed by atoms with Crippen molar-refractivity contribution >= 4 is 30.5 Å². The molecule has 0 saturated heterocycles. The van der Waals surface area contributed by atoms with Crippen LogP contribution in [0.3, 0.4) is 0 Å². The lowest BCUT2D eigenvalue weighted by atomic mass is 9.98. The molecule has 210 valence electrons. The minimum atomic E-state index is -3.82. The van der Waals surface area contributed by atoms with Gasteiger partial charge in [-0.05, 0) is 51.7 Å². The molecule has 2 aromatic heterocycles. The highest BCUT2D eigenvalue weighted by atomic mass is 31.2. The molecule has 1 aliphatic heterocycles. The molecule has 3 aromatic rings. The first-order valence-corrected chi connectivity index (χ1v) is 14.8. The van der Waals surface area contributed by atoms with Gasteiger partial charge in [-0.2, -0.15) is 0 Å². The fourth-order valence-corrected chi connectivity index (χ4v) is 6.40. The number of nitrogens with one attached hydrogen (secondary N) is 1. The largest absolute Gasteiger partial charge is 0.461 e. The van der Waals surface area contributed by atoms with E-state index in [9.17, 15) is 9.36 Å². The number of rotatable bonds is 11. The Morgan fingerprint density at radius 1 is 1.21 bits per heavy atom. The molecule has 0 amide bonds. The number of fused-ring (bicyclic) bond motifs is 2. The molecule has 1 aliphatic carbocycles. The molecule has 0 bridgehead atoms. The molecule has 13 nitrogen and oxygen atoms in total. The number of para-hydroxylation sites is 1. The molecule has 1 unspecified atom stereocenters. The van der Waals surface area contributed by atoms with Crippen LogP contribution in [0.15, 0.2) is 30.9 Å². The van der Waals surface area contributed by atoms with Crippen LogP contribution < -0.4 is 24.8 Å². The molecule has 1 aromatic carbocycles. The van der Waals surface area contributed by atoms with Crippen LogP contribution in [0.2, 0.25) is 0 Å². The smallest absolute Gasteiger partial charge is 0.342 e. The minimum absolute atomic E-state index is 0.0258. The number of hydrogen-bond donors (Lipinski definition) is 2. The monoisotopic (exact) mass is 560 g/mol. The maximum Gasteiger partial charge on any atom is 0.342 e. The molecule has 39 heavy (non-hydrogen) atoms. The highest BCUT2D eigenvalue weighted by Crippen LogP contribution is 2.50. The van der Waals surface area contributed by atoms with Crippen LogP contribution in [0.4, 0.5) is 5.82 Å². The van der Waals surface area contributed by atoms with Gasteiger partial charge in [0.1, 0.15) is 30.3 Å². The van der Waals surface area contributed by atoms with Crippen LogP contribution in [0.1, 0.15) is 46.0 Å². The van der Waals surface area contributed by atoms with Gasteiger partial charge in [-0.3, -0.25) is 9.36 Å². The lowest BCUT2D eigenvalue weighted by Crippen LogP contribution is -2.38. The number of nitrogen functional groups attached to an aromatic ring is 1. The van der Waals surface area contributed by atoms with Crippen molar-refractivity contribution in [2.45, 2.75) is 70.7 Å². The first kappa shape index (κ1) is 27.2. The Hall–Kier alpha value is -3.41. The zero-order valence-electron chi connectivity index (χ0n) is 21.9. The molecule has 0 spiro atoms. The topological polar surface area (TPSA) is 162 Å². The Balaban J connectivity index is 1.29. The molecule has 3 atom stereocenters. The average molecular weight is 561 g/mol. The second kappa shape index (κ2) is 11.8. The standard InChI is InChI=1S/C25H33N6O7P/c1-16(11-31-13-29-21-23(26)27-12-28-24(21)31)36-15-39(33,38-20-10-6-9-19-22(20)35-14-34-19)30-17(2)25(32)37-18-7-4-3-5-8-18/h6,9-10,12-13,16-18H,3-5,7-8,11,14-15H2,1-2H3,(H,30,33)(H2,26,27,28)/t16-,17-,39?/m1/s1. The summed E-state index contributed by atoms with van der Waals surface area (Å²) in [4.78, 5) is 25.3. The number of benzene rings is 1. The summed E-state index contributed by atoms with van der Waals surface area (Å²) >= 11 is 0. The van der Waals surface area contributed by atoms with Crippen molar-refractivity contribution in [2.24, 2.45) is 0 Å². The first-order valence-electron chi connectivity index (χ1n) is 13.0. The number of carbonyl (C=O) groups excluding carboxylic acids is 1. The third kappa shape index (κ3) is 6.43. The molecule has 1 saturated carbocycles. The molecule has 0 radical (unpaired) electrons. The molecule has 3 heterocycles. The van der Waals surface area contributed by atoms with E-state index in [2.05, 4.69) is 20.0 Å². The van der Waals surface area contributed by atoms with Gasteiger partial charge in [-0.15, -0.1) is 0 Å². The van der Waals surface area contributed by atoms with E-state index in [4.69, 9.17) is 29.2 Å². The molecule has 5 rings (SSSR count). The van der Waals surface area contributed by atoms with Crippen molar-refractivity contribution < 1.29 is 32.8 Å². The zero-order chi connectivity index (χ0) is 27.4. The maximum absolute atomic E-state index is 14.1. The van der Waals surface area contributed by atoms with Gasteiger partial charge in [0.15, 0.2) is 23.0 Å². The van der Waals surface area contributed by atoms with E-state index in [1.165, 1.54) is 6.33 Å². The Bertz CT molecular complexity index is 1360. The number of nitrogens with zero attached hydrogens (tertiary/aromatic N) is 4. The van der Waals surface area contributed by atoms with Crippen LogP contribution in [0.25, 0.3) is 11.2 Å². The Labute approximate surface area is 225 Å². The predicted molar refractivity (Wildman–Crippen MR) is 142 cm³/mol. The molecule has 3 N–H and O–H groups in total. The SMILES string of the molecule is C[C@H](Cn1cnc2c(N)ncnc21)OCP(=O)(N[C@H](C)C(=O)OC1CCCCC1)Oc1cccc2c1OCO2. The first-order chi connectivity index (χ1) is 18.8. The van der Waals surface area contributed by atoms with E-state index in [1.807, 2.05) is 6.92 Å². The number of ether oxygens (including phenoxy) is 4. The number of imidazole rings is 1. The van der Waals surface area contributed by atoms with Crippen molar-refractivity contribution in [3.05, 3.63) is 30.9 Å². The highest BCUT2D eigenvalue weighted by molar-refractivity contribution is 7.57. The van der Waals surface area contributed by atoms with Crippen LogP contribution in [-0.2, 0) is 25.4 Å². The van der Waals surface area contributed by atoms with Crippen molar-refractivity contribution in [3.8, 4) is 17.2 Å².